The number of carboxylic acid groups (broad SMARTS) is 1. The number of carboxylic acids is 1. The molecule has 0 spiro atoms. The van der Waals surface area contributed by atoms with Gasteiger partial charge >= 0.3 is 12.0 Å². The van der Waals surface area contributed by atoms with Gasteiger partial charge in [-0.3, -0.25) is 19.8 Å². The van der Waals surface area contributed by atoms with Crippen molar-refractivity contribution in [3.8, 4) is 0 Å². The van der Waals surface area contributed by atoms with Crippen molar-refractivity contribution in [1.29, 1.82) is 0 Å². The van der Waals surface area contributed by atoms with Crippen molar-refractivity contribution < 1.29 is 19.5 Å². The number of aliphatic carboxylic acids is 1. The van der Waals surface area contributed by atoms with Gasteiger partial charge in [0.05, 0.1) is 6.42 Å². The number of carbonyl (C=O) groups is 3. The van der Waals surface area contributed by atoms with Gasteiger partial charge in [0.1, 0.15) is 0 Å². The van der Waals surface area contributed by atoms with Gasteiger partial charge in [-0.1, -0.05) is 0 Å². The molecule has 0 aliphatic heterocycles. The van der Waals surface area contributed by atoms with E-state index in [4.69, 9.17) is 5.11 Å². The molecular formula is C12H23N3O4. The lowest BCUT2D eigenvalue weighted by atomic mass is 10.1. The Morgan fingerprint density at radius 1 is 1.11 bits per heavy atom. The van der Waals surface area contributed by atoms with Crippen LogP contribution < -0.4 is 10.6 Å². The maximum atomic E-state index is 11.5. The van der Waals surface area contributed by atoms with E-state index in [0.29, 0.717) is 13.1 Å². The number of hydrogen-bond acceptors (Lipinski definition) is 4. The minimum absolute atomic E-state index is 0.0222. The molecule has 7 nitrogen and oxygen atoms in total. The van der Waals surface area contributed by atoms with Gasteiger partial charge in [-0.15, -0.1) is 0 Å². The van der Waals surface area contributed by atoms with E-state index in [2.05, 4.69) is 10.6 Å². The predicted octanol–water partition coefficient (Wildman–Crippen LogP) is 0.407. The number of imide groups is 1. The molecule has 3 amide bonds. The molecule has 0 fully saturated rings. The molecule has 0 aliphatic carbocycles. The maximum absolute atomic E-state index is 11.5. The highest BCUT2D eigenvalue weighted by Gasteiger charge is 2.22. The summed E-state index contributed by atoms with van der Waals surface area (Å²) >= 11 is 0. The predicted molar refractivity (Wildman–Crippen MR) is 70.8 cm³/mol. The van der Waals surface area contributed by atoms with Crippen LogP contribution in [0.25, 0.3) is 0 Å². The maximum Gasteiger partial charge on any atom is 0.321 e. The molecule has 0 unspecified atom stereocenters. The highest BCUT2D eigenvalue weighted by molar-refractivity contribution is 5.94. The second-order valence-corrected chi connectivity index (χ2v) is 5.18. The first-order valence-electron chi connectivity index (χ1n) is 6.15. The van der Waals surface area contributed by atoms with E-state index in [0.717, 1.165) is 0 Å². The third kappa shape index (κ3) is 8.15. The summed E-state index contributed by atoms with van der Waals surface area (Å²) in [7, 11) is 1.43. The highest BCUT2D eigenvalue weighted by atomic mass is 16.4. The van der Waals surface area contributed by atoms with E-state index in [1.54, 1.807) is 0 Å². The number of nitrogens with zero attached hydrogens (tertiary/aromatic N) is 1. The lowest BCUT2D eigenvalue weighted by Gasteiger charge is -2.35. The summed E-state index contributed by atoms with van der Waals surface area (Å²) in [4.78, 5) is 34.9. The lowest BCUT2D eigenvalue weighted by Crippen LogP contribution is -2.45. The van der Waals surface area contributed by atoms with E-state index in [1.807, 2.05) is 25.7 Å². The van der Waals surface area contributed by atoms with Crippen molar-refractivity contribution in [3.05, 3.63) is 0 Å². The van der Waals surface area contributed by atoms with Crippen LogP contribution in [0.1, 0.15) is 33.6 Å². The average Bonchev–Trinajstić information content (AvgIpc) is 2.26. The van der Waals surface area contributed by atoms with Crippen molar-refractivity contribution >= 4 is 17.9 Å². The van der Waals surface area contributed by atoms with Crippen molar-refractivity contribution in [3.63, 3.8) is 0 Å². The van der Waals surface area contributed by atoms with E-state index in [9.17, 15) is 14.4 Å². The Morgan fingerprint density at radius 3 is 2.05 bits per heavy atom. The summed E-state index contributed by atoms with van der Waals surface area (Å²) in [6.45, 7) is 6.62. The van der Waals surface area contributed by atoms with Crippen LogP contribution in [0, 0.1) is 0 Å². The van der Waals surface area contributed by atoms with Gasteiger partial charge < -0.3 is 10.4 Å². The molecule has 0 aromatic heterocycles. The average molecular weight is 273 g/mol. The molecule has 0 radical (unpaired) electrons. The molecule has 0 rings (SSSR count). The largest absolute Gasteiger partial charge is 0.481 e. The van der Waals surface area contributed by atoms with Crippen molar-refractivity contribution in [2.24, 2.45) is 0 Å². The molecule has 3 N–H and O–H groups in total. The molecule has 0 heterocycles. The molecular weight excluding hydrogens is 250 g/mol. The fourth-order valence-electron chi connectivity index (χ4n) is 1.50. The Hall–Kier alpha value is -1.63. The van der Waals surface area contributed by atoms with Gasteiger partial charge in [0.25, 0.3) is 0 Å². The van der Waals surface area contributed by atoms with Gasteiger partial charge in [-0.2, -0.15) is 0 Å². The van der Waals surface area contributed by atoms with Gasteiger partial charge in [0.2, 0.25) is 5.91 Å². The number of nitrogens with one attached hydrogen (secondary N) is 2. The summed E-state index contributed by atoms with van der Waals surface area (Å²) < 4.78 is 0. The number of rotatable bonds is 6. The van der Waals surface area contributed by atoms with Gasteiger partial charge in [0, 0.05) is 32.1 Å². The van der Waals surface area contributed by atoms with E-state index < -0.39 is 12.0 Å². The molecule has 7 heteroatoms. The first-order valence-corrected chi connectivity index (χ1v) is 6.15. The minimum Gasteiger partial charge on any atom is -0.481 e. The van der Waals surface area contributed by atoms with E-state index in [1.165, 1.54) is 7.05 Å². The van der Waals surface area contributed by atoms with Gasteiger partial charge in [0.15, 0.2) is 0 Å². The quantitative estimate of drug-likeness (QED) is 0.651. The Bertz CT molecular complexity index is 336. The molecule has 0 bridgehead atoms. The molecule has 110 valence electrons. The van der Waals surface area contributed by atoms with Crippen LogP contribution in [0.15, 0.2) is 0 Å². The standard InChI is InChI=1S/C12H23N3O4/c1-12(2,3)15(8-6-10(17)18)7-5-9(16)14-11(19)13-4/h5-8H2,1-4H3,(H,17,18)(H2,13,14,16,19). The minimum atomic E-state index is -0.871. The topological polar surface area (TPSA) is 98.7 Å². The van der Waals surface area contributed by atoms with Crippen molar-refractivity contribution in [2.45, 2.75) is 39.2 Å². The third-order valence-corrected chi connectivity index (χ3v) is 2.63. The van der Waals surface area contributed by atoms with Crippen LogP contribution >= 0.6 is 0 Å². The van der Waals surface area contributed by atoms with Gasteiger partial charge in [-0.05, 0) is 20.8 Å². The zero-order chi connectivity index (χ0) is 15.1. The van der Waals surface area contributed by atoms with Crippen molar-refractivity contribution in [1.82, 2.24) is 15.5 Å². The Morgan fingerprint density at radius 2 is 1.63 bits per heavy atom. The first-order chi connectivity index (χ1) is 8.66. The van der Waals surface area contributed by atoms with Crippen molar-refractivity contribution in [2.75, 3.05) is 20.1 Å². The summed E-state index contributed by atoms with van der Waals surface area (Å²) in [5.74, 6) is -1.26. The lowest BCUT2D eigenvalue weighted by molar-refractivity contribution is -0.137. The number of urea groups is 1. The molecule has 0 aromatic carbocycles. The summed E-state index contributed by atoms with van der Waals surface area (Å²) in [5.41, 5.74) is -0.233. The molecule has 0 atom stereocenters. The molecule has 19 heavy (non-hydrogen) atoms. The molecule has 0 saturated carbocycles. The smallest absolute Gasteiger partial charge is 0.321 e. The van der Waals surface area contributed by atoms with Crippen LogP contribution in [0.5, 0.6) is 0 Å². The first kappa shape index (κ1) is 17.4. The van der Waals surface area contributed by atoms with E-state index in [-0.39, 0.29) is 24.3 Å². The number of carbonyl (C=O) groups excluding carboxylic acids is 2. The zero-order valence-electron chi connectivity index (χ0n) is 11.9. The molecule has 0 saturated heterocycles. The molecule has 0 aliphatic rings. The number of amides is 3. The van der Waals surface area contributed by atoms with Crippen LogP contribution in [0.2, 0.25) is 0 Å². The van der Waals surface area contributed by atoms with Crippen LogP contribution in [-0.4, -0.2) is 53.6 Å². The second-order valence-electron chi connectivity index (χ2n) is 5.18. The third-order valence-electron chi connectivity index (χ3n) is 2.63. The molecule has 0 aromatic rings. The van der Waals surface area contributed by atoms with Gasteiger partial charge in [-0.25, -0.2) is 4.79 Å². The normalized spacial score (nSPS) is 11.2. The Balaban J connectivity index is 4.30. The monoisotopic (exact) mass is 273 g/mol. The fraction of sp³-hybridized carbons (Fsp3) is 0.750. The van der Waals surface area contributed by atoms with E-state index >= 15 is 0 Å². The van der Waals surface area contributed by atoms with Crippen LogP contribution in [0.4, 0.5) is 4.79 Å². The number of hydrogen-bond donors (Lipinski definition) is 3. The summed E-state index contributed by atoms with van der Waals surface area (Å²) in [6, 6.07) is -0.544. The zero-order valence-corrected chi connectivity index (χ0v) is 11.9. The van der Waals surface area contributed by atoms with Crippen LogP contribution in [-0.2, 0) is 9.59 Å². The van der Waals surface area contributed by atoms with Crippen LogP contribution in [0.3, 0.4) is 0 Å². The highest BCUT2D eigenvalue weighted by Crippen LogP contribution is 2.14. The SMILES string of the molecule is CNC(=O)NC(=O)CCN(CCC(=O)O)C(C)(C)C. The fourth-order valence-corrected chi connectivity index (χ4v) is 1.50. The Kier molecular flexibility index (Phi) is 7.06. The Labute approximate surface area is 113 Å². The second kappa shape index (κ2) is 7.73. The summed E-state index contributed by atoms with van der Waals surface area (Å²) in [5, 5.41) is 13.2. The summed E-state index contributed by atoms with van der Waals surface area (Å²) in [6.07, 6.45) is 0.165.